The van der Waals surface area contributed by atoms with Crippen LogP contribution in [0.25, 0.3) is 0 Å². The number of nitrogens with zero attached hydrogens (tertiary/aromatic N) is 4. The van der Waals surface area contributed by atoms with Crippen molar-refractivity contribution in [3.63, 3.8) is 0 Å². The minimum atomic E-state index is -0.200. The number of rotatable bonds is 6. The molecule has 0 saturated carbocycles. The number of fused-ring (bicyclic) bond motifs is 2. The van der Waals surface area contributed by atoms with Gasteiger partial charge in [0.15, 0.2) is 0 Å². The Balaban J connectivity index is 1.45. The van der Waals surface area contributed by atoms with Gasteiger partial charge >= 0.3 is 0 Å². The SMILES string of the molecule is O=C(NCCCn1ccnc1)[C@H]1CCCCN1C1c2ncc(Br)cc2CCc2cc(Cl)cc(Br)c21. The minimum Gasteiger partial charge on any atom is -0.355 e. The molecule has 0 radical (unpaired) electrons. The molecule has 184 valence electrons. The van der Waals surface area contributed by atoms with Gasteiger partial charge in [0, 0.05) is 45.6 Å². The molecule has 1 saturated heterocycles. The number of hydrogen-bond acceptors (Lipinski definition) is 4. The zero-order chi connectivity index (χ0) is 24.4. The summed E-state index contributed by atoms with van der Waals surface area (Å²) in [6, 6.07) is 5.90. The highest BCUT2D eigenvalue weighted by Gasteiger charge is 2.39. The molecule has 6 nitrogen and oxygen atoms in total. The third-order valence-electron chi connectivity index (χ3n) is 6.97. The van der Waals surface area contributed by atoms with Crippen LogP contribution in [0.3, 0.4) is 0 Å². The molecular formula is C26H28Br2ClN5O. The van der Waals surface area contributed by atoms with Crippen LogP contribution in [0, 0.1) is 0 Å². The zero-order valence-corrected chi connectivity index (χ0v) is 23.3. The first-order chi connectivity index (χ1) is 17.0. The molecule has 0 spiro atoms. The summed E-state index contributed by atoms with van der Waals surface area (Å²) in [5, 5.41) is 3.93. The third kappa shape index (κ3) is 5.50. The summed E-state index contributed by atoms with van der Waals surface area (Å²) in [4.78, 5) is 24.8. The molecule has 9 heteroatoms. The fraction of sp³-hybridized carbons (Fsp3) is 0.423. The van der Waals surface area contributed by atoms with E-state index in [0.717, 1.165) is 71.3 Å². The molecule has 1 N–H and O–H groups in total. The van der Waals surface area contributed by atoms with E-state index in [0.29, 0.717) is 6.54 Å². The van der Waals surface area contributed by atoms with Gasteiger partial charge in [0.1, 0.15) is 0 Å². The Hall–Kier alpha value is -1.74. The lowest BCUT2D eigenvalue weighted by Gasteiger charge is -2.41. The number of carbonyl (C=O) groups is 1. The fourth-order valence-electron chi connectivity index (χ4n) is 5.37. The van der Waals surface area contributed by atoms with E-state index in [1.54, 1.807) is 12.5 Å². The van der Waals surface area contributed by atoms with Crippen LogP contribution < -0.4 is 5.32 Å². The van der Waals surface area contributed by atoms with Crippen molar-refractivity contribution in [2.24, 2.45) is 0 Å². The predicted molar refractivity (Wildman–Crippen MR) is 145 cm³/mol. The lowest BCUT2D eigenvalue weighted by molar-refractivity contribution is -0.128. The normalized spacial score (nSPS) is 20.1. The molecule has 2 atom stereocenters. The quantitative estimate of drug-likeness (QED) is 0.359. The number of aryl methyl sites for hydroxylation is 3. The molecule has 1 fully saturated rings. The molecule has 1 aromatic carbocycles. The molecule has 2 aliphatic rings. The van der Waals surface area contributed by atoms with Crippen molar-refractivity contribution >= 4 is 49.4 Å². The Morgan fingerprint density at radius 1 is 1.17 bits per heavy atom. The molecular weight excluding hydrogens is 594 g/mol. The van der Waals surface area contributed by atoms with Gasteiger partial charge in [-0.1, -0.05) is 34.0 Å². The molecule has 35 heavy (non-hydrogen) atoms. The van der Waals surface area contributed by atoms with Crippen LogP contribution >= 0.6 is 43.5 Å². The van der Waals surface area contributed by atoms with Crippen molar-refractivity contribution in [1.82, 2.24) is 24.8 Å². The summed E-state index contributed by atoms with van der Waals surface area (Å²) in [5.41, 5.74) is 4.65. The van der Waals surface area contributed by atoms with Gasteiger partial charge in [0.05, 0.1) is 24.1 Å². The number of aromatic nitrogens is 3. The first-order valence-corrected chi connectivity index (χ1v) is 14.1. The number of carbonyl (C=O) groups excluding carboxylic acids is 1. The number of likely N-dealkylation sites (tertiary alicyclic amines) is 1. The third-order valence-corrected chi connectivity index (χ3v) is 8.28. The average Bonchev–Trinajstić information content (AvgIpc) is 3.31. The maximum Gasteiger partial charge on any atom is 0.237 e. The van der Waals surface area contributed by atoms with Crippen molar-refractivity contribution < 1.29 is 4.79 Å². The number of hydrogen-bond donors (Lipinski definition) is 1. The van der Waals surface area contributed by atoms with E-state index in [9.17, 15) is 4.79 Å². The van der Waals surface area contributed by atoms with E-state index in [1.165, 1.54) is 16.7 Å². The van der Waals surface area contributed by atoms with Crippen LogP contribution in [0.15, 0.2) is 52.1 Å². The number of piperidine rings is 1. The van der Waals surface area contributed by atoms with E-state index < -0.39 is 0 Å². The molecule has 1 aliphatic carbocycles. The van der Waals surface area contributed by atoms with Gasteiger partial charge in [-0.3, -0.25) is 14.7 Å². The van der Waals surface area contributed by atoms with Crippen molar-refractivity contribution in [1.29, 1.82) is 0 Å². The van der Waals surface area contributed by atoms with Crippen LogP contribution in [0.1, 0.15) is 54.1 Å². The number of pyridine rings is 1. The van der Waals surface area contributed by atoms with E-state index in [-0.39, 0.29) is 18.0 Å². The average molecular weight is 622 g/mol. The molecule has 3 heterocycles. The molecule has 1 unspecified atom stereocenters. The van der Waals surface area contributed by atoms with Crippen molar-refractivity contribution in [3.8, 4) is 0 Å². The lowest BCUT2D eigenvalue weighted by atomic mass is 9.91. The highest BCUT2D eigenvalue weighted by atomic mass is 79.9. The maximum atomic E-state index is 13.5. The van der Waals surface area contributed by atoms with Gasteiger partial charge in [-0.2, -0.15) is 0 Å². The fourth-order valence-corrected chi connectivity index (χ4v) is 6.84. The second kappa shape index (κ2) is 11.1. The number of halogens is 3. The highest BCUT2D eigenvalue weighted by Crippen LogP contribution is 2.43. The zero-order valence-electron chi connectivity index (χ0n) is 19.4. The Morgan fingerprint density at radius 3 is 2.86 bits per heavy atom. The van der Waals surface area contributed by atoms with Crippen LogP contribution in [-0.2, 0) is 24.2 Å². The Labute approximate surface area is 227 Å². The molecule has 2 aromatic heterocycles. The first kappa shape index (κ1) is 24.9. The molecule has 1 aliphatic heterocycles. The van der Waals surface area contributed by atoms with Gasteiger partial charge in [-0.05, 0) is 89.5 Å². The van der Waals surface area contributed by atoms with Crippen molar-refractivity contribution in [2.45, 2.75) is 57.2 Å². The highest BCUT2D eigenvalue weighted by molar-refractivity contribution is 9.10. The predicted octanol–water partition coefficient (Wildman–Crippen LogP) is 5.71. The Bertz CT molecular complexity index is 1200. The van der Waals surface area contributed by atoms with Gasteiger partial charge < -0.3 is 9.88 Å². The van der Waals surface area contributed by atoms with Gasteiger partial charge in [0.25, 0.3) is 0 Å². The van der Waals surface area contributed by atoms with Gasteiger partial charge in [0.2, 0.25) is 5.91 Å². The summed E-state index contributed by atoms with van der Waals surface area (Å²) in [6.45, 7) is 2.33. The van der Waals surface area contributed by atoms with Crippen LogP contribution in [0.2, 0.25) is 5.02 Å². The monoisotopic (exact) mass is 619 g/mol. The van der Waals surface area contributed by atoms with Gasteiger partial charge in [-0.15, -0.1) is 0 Å². The minimum absolute atomic E-state index is 0.102. The molecule has 5 rings (SSSR count). The van der Waals surface area contributed by atoms with E-state index in [2.05, 4.69) is 59.2 Å². The number of imidazole rings is 1. The van der Waals surface area contributed by atoms with E-state index in [1.807, 2.05) is 23.0 Å². The Morgan fingerprint density at radius 2 is 2.03 bits per heavy atom. The topological polar surface area (TPSA) is 63.1 Å². The summed E-state index contributed by atoms with van der Waals surface area (Å²) in [6.07, 6.45) is 13.0. The van der Waals surface area contributed by atoms with E-state index >= 15 is 0 Å². The molecule has 0 bridgehead atoms. The summed E-state index contributed by atoms with van der Waals surface area (Å²) < 4.78 is 3.99. The van der Waals surface area contributed by atoms with Crippen LogP contribution in [0.5, 0.6) is 0 Å². The standard InChI is InChI=1S/C26H28Br2ClN5O/c27-19-12-18-6-5-17-13-20(29)14-21(28)23(17)25(24(18)32-15-19)34-10-2-1-4-22(34)26(35)31-7-3-9-33-11-8-30-16-33/h8,11-16,22,25H,1-7,9-10H2,(H,31,35)/t22-,25?/m1/s1. The molecule has 1 amide bonds. The van der Waals surface area contributed by atoms with Crippen LogP contribution in [-0.4, -0.2) is 44.5 Å². The van der Waals surface area contributed by atoms with Crippen molar-refractivity contribution in [3.05, 3.63) is 79.5 Å². The smallest absolute Gasteiger partial charge is 0.237 e. The van der Waals surface area contributed by atoms with Gasteiger partial charge in [-0.25, -0.2) is 4.98 Å². The number of amides is 1. The molecule has 3 aromatic rings. The largest absolute Gasteiger partial charge is 0.355 e. The van der Waals surface area contributed by atoms with E-state index in [4.69, 9.17) is 16.6 Å². The Kier molecular flexibility index (Phi) is 7.92. The number of benzene rings is 1. The first-order valence-electron chi connectivity index (χ1n) is 12.1. The summed E-state index contributed by atoms with van der Waals surface area (Å²) in [5.74, 6) is 0.102. The second-order valence-electron chi connectivity index (χ2n) is 9.26. The summed E-state index contributed by atoms with van der Waals surface area (Å²) in [7, 11) is 0. The maximum absolute atomic E-state index is 13.5. The summed E-state index contributed by atoms with van der Waals surface area (Å²) >= 11 is 13.9. The second-order valence-corrected chi connectivity index (χ2v) is 11.5. The van der Waals surface area contributed by atoms with Crippen molar-refractivity contribution in [2.75, 3.05) is 13.1 Å². The number of nitrogens with one attached hydrogen (secondary N) is 1. The van der Waals surface area contributed by atoms with Crippen LogP contribution in [0.4, 0.5) is 0 Å². The lowest BCUT2D eigenvalue weighted by Crippen LogP contribution is -2.51.